The van der Waals surface area contributed by atoms with Gasteiger partial charge in [-0.05, 0) is 46.3 Å². The summed E-state index contributed by atoms with van der Waals surface area (Å²) in [6.45, 7) is -3.73. The maximum atomic E-state index is 14.3. The number of benzene rings is 2. The van der Waals surface area contributed by atoms with Crippen molar-refractivity contribution in [3.05, 3.63) is 52.0 Å². The van der Waals surface area contributed by atoms with Crippen molar-refractivity contribution >= 4 is 33.2 Å². The molecule has 0 aliphatic rings. The van der Waals surface area contributed by atoms with E-state index in [1.165, 1.54) is 18.2 Å². The molecule has 0 unspecified atom stereocenters. The number of anilines is 2. The quantitative estimate of drug-likeness (QED) is 0.363. The van der Waals surface area contributed by atoms with Crippen LogP contribution in [0.15, 0.2) is 40.9 Å². The molecule has 0 aromatic heterocycles. The summed E-state index contributed by atoms with van der Waals surface area (Å²) in [4.78, 5) is 12.3. The maximum absolute atomic E-state index is 14.3. The van der Waals surface area contributed by atoms with E-state index in [0.29, 0.717) is 0 Å². The second-order valence-corrected chi connectivity index (χ2v) is 6.80. The molecule has 1 amide bonds. The highest BCUT2D eigenvalue weighted by Gasteiger charge is 2.73. The normalized spacial score (nSPS) is 12.7. The number of halogens is 10. The molecule has 0 fully saturated rings. The zero-order valence-electron chi connectivity index (χ0n) is 14.7. The molecule has 0 saturated carbocycles. The smallest absolute Gasteiger partial charge is 0.433 e. The zero-order chi connectivity index (χ0) is 23.8. The van der Waals surface area contributed by atoms with Gasteiger partial charge in [0.15, 0.2) is 5.75 Å². The van der Waals surface area contributed by atoms with Gasteiger partial charge in [0.1, 0.15) is 0 Å². The summed E-state index contributed by atoms with van der Waals surface area (Å²) in [5.41, 5.74) is -3.25. The molecule has 0 heterocycles. The van der Waals surface area contributed by atoms with Gasteiger partial charge in [-0.1, -0.05) is 6.07 Å². The fourth-order valence-electron chi connectivity index (χ4n) is 2.44. The first kappa shape index (κ1) is 24.6. The predicted molar refractivity (Wildman–Crippen MR) is 94.5 cm³/mol. The lowest BCUT2D eigenvalue weighted by Gasteiger charge is -2.31. The lowest BCUT2D eigenvalue weighted by atomic mass is 9.93. The van der Waals surface area contributed by atoms with Crippen LogP contribution in [0.1, 0.15) is 15.9 Å². The van der Waals surface area contributed by atoms with Gasteiger partial charge in [-0.25, -0.2) is 4.39 Å². The molecule has 170 valence electrons. The van der Waals surface area contributed by atoms with E-state index in [1.807, 2.05) is 5.32 Å². The Balaban J connectivity index is 2.63. The van der Waals surface area contributed by atoms with Gasteiger partial charge < -0.3 is 15.8 Å². The van der Waals surface area contributed by atoms with E-state index in [0.717, 1.165) is 6.07 Å². The van der Waals surface area contributed by atoms with Crippen LogP contribution in [0, 0.1) is 0 Å². The molecule has 0 atom stereocenters. The zero-order valence-corrected chi connectivity index (χ0v) is 16.3. The monoisotopic (exact) mass is 524 g/mol. The van der Waals surface area contributed by atoms with Crippen LogP contribution in [0.5, 0.6) is 5.75 Å². The average molecular weight is 525 g/mol. The Hall–Kier alpha value is -2.64. The second-order valence-electron chi connectivity index (χ2n) is 5.94. The van der Waals surface area contributed by atoms with Crippen molar-refractivity contribution in [2.45, 2.75) is 24.6 Å². The number of alkyl halides is 9. The molecule has 0 bridgehead atoms. The minimum absolute atomic E-state index is 0.0499. The van der Waals surface area contributed by atoms with Crippen LogP contribution >= 0.6 is 15.9 Å². The number of hydrogen-bond acceptors (Lipinski definition) is 3. The van der Waals surface area contributed by atoms with Gasteiger partial charge in [-0.3, -0.25) is 4.79 Å². The lowest BCUT2D eigenvalue weighted by Crippen LogP contribution is -2.50. The van der Waals surface area contributed by atoms with Crippen LogP contribution in [0.25, 0.3) is 0 Å². The van der Waals surface area contributed by atoms with Crippen LogP contribution in [0.4, 0.5) is 50.9 Å². The van der Waals surface area contributed by atoms with E-state index in [1.54, 1.807) is 0 Å². The Morgan fingerprint density at radius 3 is 2.06 bits per heavy atom. The van der Waals surface area contributed by atoms with Crippen molar-refractivity contribution in [1.82, 2.24) is 0 Å². The second kappa shape index (κ2) is 8.48. The summed E-state index contributed by atoms with van der Waals surface area (Å²) in [7, 11) is 0. The Bertz CT molecular complexity index is 963. The number of carbonyl (C=O) groups is 1. The van der Waals surface area contributed by atoms with E-state index in [9.17, 15) is 44.3 Å². The number of carbonyl (C=O) groups excluding carboxylic acids is 1. The molecular weight excluding hydrogens is 515 g/mol. The molecule has 2 rings (SSSR count). The number of amides is 1. The number of nitrogens with one attached hydrogen (secondary N) is 1. The molecular formula is C17H10BrF9N2O2. The van der Waals surface area contributed by atoms with Crippen LogP contribution in [-0.4, -0.2) is 24.9 Å². The number of nitrogen functional groups attached to an aromatic ring is 1. The number of rotatable bonds is 5. The van der Waals surface area contributed by atoms with Crippen LogP contribution in [-0.2, 0) is 5.67 Å². The molecule has 0 spiro atoms. The highest BCUT2D eigenvalue weighted by molar-refractivity contribution is 9.10. The summed E-state index contributed by atoms with van der Waals surface area (Å²) in [5.74, 6) is -2.36. The molecule has 14 heteroatoms. The van der Waals surface area contributed by atoms with Crippen LogP contribution < -0.4 is 15.8 Å². The molecule has 0 radical (unpaired) electrons. The molecule has 2 aromatic rings. The lowest BCUT2D eigenvalue weighted by molar-refractivity contribution is -0.348. The Morgan fingerprint density at radius 2 is 1.58 bits per heavy atom. The number of nitrogens with two attached hydrogens (primary N) is 1. The minimum Gasteiger partial charge on any atom is -0.433 e. The van der Waals surface area contributed by atoms with Crippen molar-refractivity contribution in [3.63, 3.8) is 0 Å². The Morgan fingerprint density at radius 1 is 1.00 bits per heavy atom. The fourth-order valence-corrected chi connectivity index (χ4v) is 2.99. The molecule has 0 aliphatic carbocycles. The minimum atomic E-state index is -6.49. The van der Waals surface area contributed by atoms with Gasteiger partial charge in [0.05, 0.1) is 5.69 Å². The third kappa shape index (κ3) is 4.99. The molecule has 0 aliphatic heterocycles. The molecule has 31 heavy (non-hydrogen) atoms. The molecule has 3 N–H and O–H groups in total. The van der Waals surface area contributed by atoms with Crippen molar-refractivity contribution in [1.29, 1.82) is 0 Å². The van der Waals surface area contributed by atoms with Crippen molar-refractivity contribution < 1.29 is 49.0 Å². The van der Waals surface area contributed by atoms with E-state index >= 15 is 0 Å². The van der Waals surface area contributed by atoms with Gasteiger partial charge in [0.2, 0.25) is 0 Å². The van der Waals surface area contributed by atoms with Crippen LogP contribution in [0.3, 0.4) is 0 Å². The Labute approximate surface area is 176 Å². The summed E-state index contributed by atoms with van der Waals surface area (Å²) < 4.78 is 121. The van der Waals surface area contributed by atoms with E-state index in [-0.39, 0.29) is 23.4 Å². The first-order valence-electron chi connectivity index (χ1n) is 7.86. The summed E-state index contributed by atoms with van der Waals surface area (Å²) >= 11 is 2.56. The highest BCUT2D eigenvalue weighted by Crippen LogP contribution is 2.55. The highest BCUT2D eigenvalue weighted by atomic mass is 79.9. The summed E-state index contributed by atoms with van der Waals surface area (Å²) in [6, 6.07) is 4.98. The van der Waals surface area contributed by atoms with Gasteiger partial charge in [-0.15, -0.1) is 0 Å². The van der Waals surface area contributed by atoms with E-state index in [2.05, 4.69) is 20.7 Å². The van der Waals surface area contributed by atoms with Crippen LogP contribution in [0.2, 0.25) is 0 Å². The van der Waals surface area contributed by atoms with Gasteiger partial charge in [0.25, 0.3) is 5.91 Å². The first-order chi connectivity index (χ1) is 14.1. The maximum Gasteiger partial charge on any atom is 0.435 e. The number of ether oxygens (including phenoxy) is 1. The molecule has 2 aromatic carbocycles. The van der Waals surface area contributed by atoms with Gasteiger partial charge in [0, 0.05) is 21.3 Å². The average Bonchev–Trinajstić information content (AvgIpc) is 2.61. The van der Waals surface area contributed by atoms with Gasteiger partial charge in [-0.2, -0.15) is 35.1 Å². The van der Waals surface area contributed by atoms with Gasteiger partial charge >= 0.3 is 24.6 Å². The first-order valence-corrected chi connectivity index (χ1v) is 8.65. The molecule has 0 saturated heterocycles. The molecule has 4 nitrogen and oxygen atoms in total. The predicted octanol–water partition coefficient (Wildman–Crippen LogP) is 6.17. The van der Waals surface area contributed by atoms with Crippen molar-refractivity contribution in [3.8, 4) is 5.75 Å². The van der Waals surface area contributed by atoms with Crippen molar-refractivity contribution in [2.24, 2.45) is 0 Å². The SMILES string of the molecule is Nc1cccc(C(=O)Nc2c(Br)cc(C(F)(C(F)(F)F)C(F)(F)F)cc2OC(F)F)c1. The largest absolute Gasteiger partial charge is 0.435 e. The van der Waals surface area contributed by atoms with E-state index < -0.39 is 52.0 Å². The van der Waals surface area contributed by atoms with Crippen molar-refractivity contribution in [2.75, 3.05) is 11.1 Å². The number of hydrogen-bond donors (Lipinski definition) is 2. The standard InChI is InChI=1S/C17H10BrF9N2O2/c18-10-5-8(15(21,16(22,23)24)17(25,26)27)6-11(31-14(19)20)12(10)29-13(30)7-2-1-3-9(28)4-7/h1-6,14H,28H2,(H,29,30). The topological polar surface area (TPSA) is 64.4 Å². The third-order valence-electron chi connectivity index (χ3n) is 3.84. The summed E-state index contributed by atoms with van der Waals surface area (Å²) in [5, 5.41) is 2.00. The van der Waals surface area contributed by atoms with E-state index in [4.69, 9.17) is 5.73 Å². The Kier molecular flexibility index (Phi) is 6.73. The third-order valence-corrected chi connectivity index (χ3v) is 4.46. The summed E-state index contributed by atoms with van der Waals surface area (Å²) in [6.07, 6.45) is -13.0. The fraction of sp³-hybridized carbons (Fsp3) is 0.235.